The quantitative estimate of drug-likeness (QED) is 0.894. The van der Waals surface area contributed by atoms with Gasteiger partial charge in [0.15, 0.2) is 6.23 Å². The molecule has 2 aromatic rings. The molecule has 6 heteroatoms. The van der Waals surface area contributed by atoms with Crippen molar-refractivity contribution in [1.82, 2.24) is 15.2 Å². The zero-order valence-corrected chi connectivity index (χ0v) is 14.3. The van der Waals surface area contributed by atoms with Crippen molar-refractivity contribution in [3.8, 4) is 5.75 Å². The molecule has 2 aliphatic heterocycles. The van der Waals surface area contributed by atoms with Gasteiger partial charge in [0.25, 0.3) is 0 Å². The molecule has 0 aliphatic carbocycles. The number of hydrogen-bond acceptors (Lipinski definition) is 6. The predicted molar refractivity (Wildman–Crippen MR) is 98.2 cm³/mol. The molecule has 3 atom stereocenters. The van der Waals surface area contributed by atoms with Crippen LogP contribution < -0.4 is 15.8 Å². The number of fused-ring (bicyclic) bond motifs is 1. The summed E-state index contributed by atoms with van der Waals surface area (Å²) >= 11 is 0. The minimum absolute atomic E-state index is 0.0671. The van der Waals surface area contributed by atoms with Crippen LogP contribution in [0.5, 0.6) is 5.75 Å². The van der Waals surface area contributed by atoms with Crippen molar-refractivity contribution < 1.29 is 4.74 Å². The fraction of sp³-hybridized carbons (Fsp3) is 0.368. The summed E-state index contributed by atoms with van der Waals surface area (Å²) in [5, 5.41) is 3.46. The van der Waals surface area contributed by atoms with Gasteiger partial charge in [-0.15, -0.1) is 0 Å². The van der Waals surface area contributed by atoms with E-state index in [1.54, 1.807) is 0 Å². The molecule has 6 nitrogen and oxygen atoms in total. The number of piperazine rings is 1. The first-order valence-electron chi connectivity index (χ1n) is 8.71. The number of nitrogens with two attached hydrogens (primary N) is 1. The summed E-state index contributed by atoms with van der Waals surface area (Å²) < 4.78 is 5.89. The summed E-state index contributed by atoms with van der Waals surface area (Å²) in [5.41, 5.74) is 9.04. The molecule has 25 heavy (non-hydrogen) atoms. The molecule has 1 aromatic heterocycles. The minimum atomic E-state index is -0.524. The van der Waals surface area contributed by atoms with E-state index in [9.17, 15) is 0 Å². The zero-order chi connectivity index (χ0) is 17.2. The van der Waals surface area contributed by atoms with Crippen molar-refractivity contribution in [2.24, 2.45) is 10.7 Å². The molecule has 130 valence electrons. The molecule has 0 bridgehead atoms. The topological polar surface area (TPSA) is 75.8 Å². The van der Waals surface area contributed by atoms with E-state index in [2.05, 4.69) is 28.2 Å². The summed E-state index contributed by atoms with van der Waals surface area (Å²) in [7, 11) is 0. The molecule has 0 spiro atoms. The van der Waals surface area contributed by atoms with Crippen LogP contribution in [0.2, 0.25) is 0 Å². The Morgan fingerprint density at radius 3 is 2.92 bits per heavy atom. The highest BCUT2D eigenvalue weighted by molar-refractivity contribution is 5.96. The fourth-order valence-corrected chi connectivity index (χ4v) is 3.58. The molecular formula is C19H23N5O. The van der Waals surface area contributed by atoms with Crippen molar-refractivity contribution in [3.63, 3.8) is 0 Å². The third-order valence-corrected chi connectivity index (χ3v) is 4.90. The number of benzene rings is 1. The molecule has 1 saturated heterocycles. The summed E-state index contributed by atoms with van der Waals surface area (Å²) in [6.07, 6.45) is 1.32. The van der Waals surface area contributed by atoms with Gasteiger partial charge in [0.1, 0.15) is 11.4 Å². The number of aromatic nitrogens is 1. The number of para-hydroxylation sites is 2. The standard InChI is InChI=1S/C19H23N5O/c1-13(18-19(20)25-17-8-3-2-7-15(17)23-18)24-11-10-21-12-16(24)14-6-4-5-9-22-14/h2-9,13,16,19,21H,10-12,20H2,1H3. The lowest BCUT2D eigenvalue weighted by molar-refractivity contribution is 0.135. The molecule has 3 unspecified atom stereocenters. The summed E-state index contributed by atoms with van der Waals surface area (Å²) in [6.45, 7) is 4.86. The Kier molecular flexibility index (Phi) is 4.48. The van der Waals surface area contributed by atoms with Gasteiger partial charge < -0.3 is 10.1 Å². The SMILES string of the molecule is CC(C1=Nc2ccccc2OC1N)N1CCNCC1c1ccccn1. The van der Waals surface area contributed by atoms with E-state index in [1.807, 2.05) is 42.6 Å². The maximum atomic E-state index is 6.27. The number of ether oxygens (including phenoxy) is 1. The normalized spacial score (nSPS) is 24.8. The molecular weight excluding hydrogens is 314 g/mol. The Bertz CT molecular complexity index is 763. The van der Waals surface area contributed by atoms with Crippen molar-refractivity contribution in [2.75, 3.05) is 19.6 Å². The van der Waals surface area contributed by atoms with Crippen molar-refractivity contribution in [1.29, 1.82) is 0 Å². The van der Waals surface area contributed by atoms with Gasteiger partial charge in [-0.05, 0) is 31.2 Å². The lowest BCUT2D eigenvalue weighted by Crippen LogP contribution is -2.56. The van der Waals surface area contributed by atoms with Crippen LogP contribution >= 0.6 is 0 Å². The highest BCUT2D eigenvalue weighted by Gasteiger charge is 2.34. The average Bonchev–Trinajstić information content (AvgIpc) is 2.67. The second kappa shape index (κ2) is 6.92. The van der Waals surface area contributed by atoms with Gasteiger partial charge in [-0.25, -0.2) is 4.99 Å². The summed E-state index contributed by atoms with van der Waals surface area (Å²) in [5.74, 6) is 0.743. The zero-order valence-electron chi connectivity index (χ0n) is 14.3. The van der Waals surface area contributed by atoms with Crippen LogP contribution in [0, 0.1) is 0 Å². The first-order valence-corrected chi connectivity index (χ1v) is 8.71. The van der Waals surface area contributed by atoms with Gasteiger partial charge in [0, 0.05) is 25.8 Å². The number of nitrogens with one attached hydrogen (secondary N) is 1. The molecule has 0 radical (unpaired) electrons. The van der Waals surface area contributed by atoms with Gasteiger partial charge >= 0.3 is 0 Å². The fourth-order valence-electron chi connectivity index (χ4n) is 3.58. The lowest BCUT2D eigenvalue weighted by atomic mass is 10.0. The van der Waals surface area contributed by atoms with Gasteiger partial charge in [0.2, 0.25) is 0 Å². The Balaban J connectivity index is 1.64. The van der Waals surface area contributed by atoms with Crippen LogP contribution in [0.25, 0.3) is 0 Å². The van der Waals surface area contributed by atoms with E-state index in [-0.39, 0.29) is 12.1 Å². The number of pyridine rings is 1. The van der Waals surface area contributed by atoms with Crippen molar-refractivity contribution in [3.05, 3.63) is 54.4 Å². The van der Waals surface area contributed by atoms with Crippen LogP contribution in [0.3, 0.4) is 0 Å². The van der Waals surface area contributed by atoms with E-state index in [4.69, 9.17) is 15.5 Å². The second-order valence-corrected chi connectivity index (χ2v) is 6.43. The molecule has 3 heterocycles. The third kappa shape index (κ3) is 3.16. The third-order valence-electron chi connectivity index (χ3n) is 4.90. The summed E-state index contributed by atoms with van der Waals surface area (Å²) in [6, 6.07) is 14.1. The smallest absolute Gasteiger partial charge is 0.188 e. The molecule has 2 aliphatic rings. The monoisotopic (exact) mass is 337 g/mol. The maximum Gasteiger partial charge on any atom is 0.188 e. The average molecular weight is 337 g/mol. The highest BCUT2D eigenvalue weighted by Crippen LogP contribution is 2.33. The number of aliphatic imine (C=N–C) groups is 1. The van der Waals surface area contributed by atoms with E-state index in [0.717, 1.165) is 42.5 Å². The van der Waals surface area contributed by atoms with Gasteiger partial charge in [-0.1, -0.05) is 18.2 Å². The van der Waals surface area contributed by atoms with Crippen molar-refractivity contribution in [2.45, 2.75) is 25.2 Å². The van der Waals surface area contributed by atoms with Crippen LogP contribution in [0.15, 0.2) is 53.7 Å². The van der Waals surface area contributed by atoms with Crippen LogP contribution in [-0.2, 0) is 0 Å². The Morgan fingerprint density at radius 2 is 2.08 bits per heavy atom. The molecule has 3 N–H and O–H groups in total. The number of nitrogens with zero attached hydrogens (tertiary/aromatic N) is 3. The van der Waals surface area contributed by atoms with Crippen LogP contribution in [0.1, 0.15) is 18.7 Å². The number of rotatable bonds is 3. The van der Waals surface area contributed by atoms with E-state index in [0.29, 0.717) is 0 Å². The molecule has 1 fully saturated rings. The highest BCUT2D eigenvalue weighted by atomic mass is 16.5. The van der Waals surface area contributed by atoms with Crippen molar-refractivity contribution >= 4 is 11.4 Å². The van der Waals surface area contributed by atoms with Gasteiger partial charge in [0.05, 0.1) is 23.5 Å². The Labute approximate surface area is 147 Å². The molecule has 0 saturated carbocycles. The van der Waals surface area contributed by atoms with Crippen LogP contribution in [-0.4, -0.2) is 47.5 Å². The largest absolute Gasteiger partial charge is 0.468 e. The van der Waals surface area contributed by atoms with Gasteiger partial charge in [-0.3, -0.25) is 15.6 Å². The second-order valence-electron chi connectivity index (χ2n) is 6.43. The van der Waals surface area contributed by atoms with E-state index in [1.165, 1.54) is 0 Å². The first kappa shape index (κ1) is 16.2. The maximum absolute atomic E-state index is 6.27. The lowest BCUT2D eigenvalue weighted by Gasteiger charge is -2.41. The minimum Gasteiger partial charge on any atom is -0.468 e. The Morgan fingerprint density at radius 1 is 1.24 bits per heavy atom. The van der Waals surface area contributed by atoms with E-state index >= 15 is 0 Å². The number of hydrogen-bond donors (Lipinski definition) is 2. The molecule has 0 amide bonds. The predicted octanol–water partition coefficient (Wildman–Crippen LogP) is 1.87. The first-order chi connectivity index (χ1) is 12.2. The van der Waals surface area contributed by atoms with E-state index < -0.39 is 6.23 Å². The van der Waals surface area contributed by atoms with Crippen LogP contribution in [0.4, 0.5) is 5.69 Å². The van der Waals surface area contributed by atoms with Gasteiger partial charge in [-0.2, -0.15) is 0 Å². The summed E-state index contributed by atoms with van der Waals surface area (Å²) in [4.78, 5) is 11.8. The molecule has 1 aromatic carbocycles. The molecule has 4 rings (SSSR count). The Hall–Kier alpha value is -2.28.